The number of hydrogen-bond donors (Lipinski definition) is 1. The molecule has 0 atom stereocenters. The first kappa shape index (κ1) is 18.7. The van der Waals surface area contributed by atoms with Crippen molar-refractivity contribution >= 4 is 28.2 Å². The number of rotatable bonds is 4. The van der Waals surface area contributed by atoms with Crippen LogP contribution in [-0.4, -0.2) is 19.0 Å². The molecule has 1 N–H and O–H groups in total. The van der Waals surface area contributed by atoms with Crippen molar-refractivity contribution in [2.24, 2.45) is 0 Å². The normalized spacial score (nSPS) is 10.5. The standard InChI is InChI=1S/C19H12F3NO3S/c1-26-19(25)16-13(10-2-5-12(20)6-3-10)9-27-18(16)23-17(24)11-4-7-14(21)15(22)8-11/h2-9H,1H3,(H,23,24). The molecule has 0 saturated heterocycles. The minimum atomic E-state index is -1.16. The van der Waals surface area contributed by atoms with Gasteiger partial charge in [0.1, 0.15) is 16.4 Å². The highest BCUT2D eigenvalue weighted by atomic mass is 32.1. The number of amides is 1. The average molecular weight is 391 g/mol. The molecule has 0 radical (unpaired) electrons. The molecule has 27 heavy (non-hydrogen) atoms. The second kappa shape index (κ2) is 7.63. The van der Waals surface area contributed by atoms with Crippen LogP contribution in [0.4, 0.5) is 18.2 Å². The zero-order valence-electron chi connectivity index (χ0n) is 13.9. The summed E-state index contributed by atoms with van der Waals surface area (Å²) in [6.45, 7) is 0. The van der Waals surface area contributed by atoms with Crippen LogP contribution in [0.1, 0.15) is 20.7 Å². The Bertz CT molecular complexity index is 1020. The molecule has 138 valence electrons. The SMILES string of the molecule is COC(=O)c1c(-c2ccc(F)cc2)csc1NC(=O)c1ccc(F)c(F)c1. The number of hydrogen-bond acceptors (Lipinski definition) is 4. The topological polar surface area (TPSA) is 55.4 Å². The fraction of sp³-hybridized carbons (Fsp3) is 0.0526. The lowest BCUT2D eigenvalue weighted by atomic mass is 10.0. The largest absolute Gasteiger partial charge is 0.465 e. The van der Waals surface area contributed by atoms with E-state index in [0.29, 0.717) is 11.1 Å². The molecule has 3 aromatic rings. The number of halogens is 3. The highest BCUT2D eigenvalue weighted by molar-refractivity contribution is 7.15. The smallest absolute Gasteiger partial charge is 0.341 e. The molecule has 0 fully saturated rings. The van der Waals surface area contributed by atoms with Gasteiger partial charge in [0.05, 0.1) is 7.11 Å². The van der Waals surface area contributed by atoms with Gasteiger partial charge in [-0.25, -0.2) is 18.0 Å². The molecule has 1 amide bonds. The summed E-state index contributed by atoms with van der Waals surface area (Å²) >= 11 is 1.05. The van der Waals surface area contributed by atoms with E-state index in [0.717, 1.165) is 29.5 Å². The number of benzene rings is 2. The van der Waals surface area contributed by atoms with Gasteiger partial charge >= 0.3 is 5.97 Å². The Morgan fingerprint density at radius 3 is 2.33 bits per heavy atom. The van der Waals surface area contributed by atoms with Crippen LogP contribution in [-0.2, 0) is 4.74 Å². The molecule has 1 heterocycles. The molecule has 0 aliphatic carbocycles. The second-order valence-corrected chi connectivity index (χ2v) is 6.31. The van der Waals surface area contributed by atoms with E-state index < -0.39 is 29.3 Å². The number of thiophene rings is 1. The van der Waals surface area contributed by atoms with Crippen LogP contribution >= 0.6 is 11.3 Å². The molecule has 0 bridgehead atoms. The molecule has 4 nitrogen and oxygen atoms in total. The average Bonchev–Trinajstić information content (AvgIpc) is 3.07. The third-order valence-corrected chi connectivity index (χ3v) is 4.64. The monoisotopic (exact) mass is 391 g/mol. The highest BCUT2D eigenvalue weighted by Gasteiger charge is 2.23. The van der Waals surface area contributed by atoms with Crippen molar-refractivity contribution < 1.29 is 27.5 Å². The molecule has 0 spiro atoms. The van der Waals surface area contributed by atoms with Crippen molar-refractivity contribution in [3.63, 3.8) is 0 Å². The minimum Gasteiger partial charge on any atom is -0.465 e. The minimum absolute atomic E-state index is 0.0880. The van der Waals surface area contributed by atoms with Crippen LogP contribution in [0.2, 0.25) is 0 Å². The fourth-order valence-electron chi connectivity index (χ4n) is 2.41. The Morgan fingerprint density at radius 2 is 1.70 bits per heavy atom. The van der Waals surface area contributed by atoms with E-state index in [-0.39, 0.29) is 16.1 Å². The zero-order valence-corrected chi connectivity index (χ0v) is 14.7. The quantitative estimate of drug-likeness (QED) is 0.646. The van der Waals surface area contributed by atoms with Gasteiger partial charge in [-0.3, -0.25) is 4.79 Å². The van der Waals surface area contributed by atoms with E-state index >= 15 is 0 Å². The first-order valence-corrected chi connectivity index (χ1v) is 8.51. The van der Waals surface area contributed by atoms with Gasteiger partial charge in [-0.1, -0.05) is 12.1 Å². The molecule has 2 aromatic carbocycles. The van der Waals surface area contributed by atoms with Crippen molar-refractivity contribution in [2.75, 3.05) is 12.4 Å². The Hall–Kier alpha value is -3.13. The Balaban J connectivity index is 1.97. The molecule has 0 aliphatic heterocycles. The summed E-state index contributed by atoms with van der Waals surface area (Å²) in [5, 5.41) is 4.29. The Morgan fingerprint density at radius 1 is 1.00 bits per heavy atom. The van der Waals surface area contributed by atoms with Gasteiger partial charge in [-0.05, 0) is 35.9 Å². The molecule has 8 heteroatoms. The van der Waals surface area contributed by atoms with Crippen molar-refractivity contribution in [1.82, 2.24) is 0 Å². The van der Waals surface area contributed by atoms with Crippen molar-refractivity contribution in [2.45, 2.75) is 0 Å². The molecular formula is C19H12F3NO3S. The van der Waals surface area contributed by atoms with Gasteiger partial charge < -0.3 is 10.1 Å². The van der Waals surface area contributed by atoms with E-state index in [1.54, 1.807) is 5.38 Å². The lowest BCUT2D eigenvalue weighted by Gasteiger charge is -2.08. The lowest BCUT2D eigenvalue weighted by molar-refractivity contribution is 0.0603. The maximum absolute atomic E-state index is 13.3. The number of anilines is 1. The molecule has 0 aliphatic rings. The van der Waals surface area contributed by atoms with Crippen LogP contribution < -0.4 is 5.32 Å². The number of ether oxygens (including phenoxy) is 1. The predicted octanol–water partition coefficient (Wildman–Crippen LogP) is 4.87. The van der Waals surface area contributed by atoms with E-state index in [4.69, 9.17) is 4.74 Å². The van der Waals surface area contributed by atoms with Gasteiger partial charge in [0.15, 0.2) is 11.6 Å². The number of esters is 1. The molecular weight excluding hydrogens is 379 g/mol. The van der Waals surface area contributed by atoms with E-state index in [9.17, 15) is 22.8 Å². The second-order valence-electron chi connectivity index (χ2n) is 5.43. The van der Waals surface area contributed by atoms with Gasteiger partial charge in [0, 0.05) is 16.5 Å². The van der Waals surface area contributed by atoms with Gasteiger partial charge in [0.25, 0.3) is 5.91 Å². The maximum atomic E-state index is 13.3. The molecule has 3 rings (SSSR count). The third kappa shape index (κ3) is 3.85. The summed E-state index contributed by atoms with van der Waals surface area (Å²) in [5.74, 6) is -4.08. The summed E-state index contributed by atoms with van der Waals surface area (Å²) in [5.41, 5.74) is 0.986. The maximum Gasteiger partial charge on any atom is 0.341 e. The molecule has 0 saturated carbocycles. The summed E-state index contributed by atoms with van der Waals surface area (Å²) in [6, 6.07) is 8.19. The lowest BCUT2D eigenvalue weighted by Crippen LogP contribution is -2.14. The number of carbonyl (C=O) groups is 2. The number of nitrogens with one attached hydrogen (secondary N) is 1. The van der Waals surface area contributed by atoms with Gasteiger partial charge in [-0.15, -0.1) is 11.3 Å². The fourth-order valence-corrected chi connectivity index (χ4v) is 3.36. The summed E-state index contributed by atoms with van der Waals surface area (Å²) in [6.07, 6.45) is 0. The number of methoxy groups -OCH3 is 1. The first-order valence-electron chi connectivity index (χ1n) is 7.63. The highest BCUT2D eigenvalue weighted by Crippen LogP contribution is 2.36. The zero-order chi connectivity index (χ0) is 19.6. The number of carbonyl (C=O) groups excluding carboxylic acids is 2. The van der Waals surface area contributed by atoms with Crippen LogP contribution in [0.25, 0.3) is 11.1 Å². The van der Waals surface area contributed by atoms with E-state index in [2.05, 4.69) is 5.32 Å². The van der Waals surface area contributed by atoms with Crippen LogP contribution in [0.15, 0.2) is 47.8 Å². The molecule has 1 aromatic heterocycles. The van der Waals surface area contributed by atoms with Gasteiger partial charge in [0.2, 0.25) is 0 Å². The molecule has 0 unspecified atom stereocenters. The van der Waals surface area contributed by atoms with Crippen molar-refractivity contribution in [1.29, 1.82) is 0 Å². The summed E-state index contributed by atoms with van der Waals surface area (Å²) in [4.78, 5) is 24.6. The first-order chi connectivity index (χ1) is 12.9. The van der Waals surface area contributed by atoms with Crippen LogP contribution in [0.3, 0.4) is 0 Å². The van der Waals surface area contributed by atoms with E-state index in [1.165, 1.54) is 31.4 Å². The predicted molar refractivity (Wildman–Crippen MR) is 95.4 cm³/mol. The van der Waals surface area contributed by atoms with Crippen molar-refractivity contribution in [3.8, 4) is 11.1 Å². The Kier molecular flexibility index (Phi) is 5.27. The summed E-state index contributed by atoms with van der Waals surface area (Å²) < 4.78 is 44.3. The van der Waals surface area contributed by atoms with E-state index in [1.807, 2.05) is 0 Å². The summed E-state index contributed by atoms with van der Waals surface area (Å²) in [7, 11) is 1.19. The Labute approximate surface area is 156 Å². The van der Waals surface area contributed by atoms with Gasteiger partial charge in [-0.2, -0.15) is 0 Å². The van der Waals surface area contributed by atoms with Crippen molar-refractivity contribution in [3.05, 3.63) is 76.4 Å². The van der Waals surface area contributed by atoms with Crippen LogP contribution in [0.5, 0.6) is 0 Å². The van der Waals surface area contributed by atoms with Crippen LogP contribution in [0, 0.1) is 17.5 Å². The third-order valence-electron chi connectivity index (χ3n) is 3.74.